The molecule has 0 spiro atoms. The Bertz CT molecular complexity index is 583. The van der Waals surface area contributed by atoms with Crippen molar-refractivity contribution in [2.24, 2.45) is 7.05 Å². The molecular formula is C14H19N5O2. The molecule has 0 bridgehead atoms. The van der Waals surface area contributed by atoms with Crippen LogP contribution in [0.5, 0.6) is 5.88 Å². The number of nitrogens with zero attached hydrogens (tertiary/aromatic N) is 4. The zero-order chi connectivity index (χ0) is 14.7. The number of hydrogen-bond acceptors (Lipinski definition) is 6. The smallest absolute Gasteiger partial charge is 0.212 e. The van der Waals surface area contributed by atoms with Gasteiger partial charge in [0.15, 0.2) is 0 Å². The second-order valence-electron chi connectivity index (χ2n) is 5.05. The van der Waals surface area contributed by atoms with E-state index < -0.39 is 0 Å². The third kappa shape index (κ3) is 3.03. The van der Waals surface area contributed by atoms with Crippen LogP contribution < -0.4 is 10.1 Å². The molecule has 21 heavy (non-hydrogen) atoms. The SMILES string of the molecule is COc1ccc([C@H]2OCC[C@@H]2NCc2cnnn2C)cn1. The third-order valence-corrected chi connectivity index (χ3v) is 3.74. The number of methoxy groups -OCH3 is 1. The van der Waals surface area contributed by atoms with Gasteiger partial charge in [-0.2, -0.15) is 0 Å². The van der Waals surface area contributed by atoms with Crippen molar-refractivity contribution in [2.45, 2.75) is 25.1 Å². The van der Waals surface area contributed by atoms with E-state index in [1.807, 2.05) is 25.4 Å². The molecule has 3 rings (SSSR count). The molecule has 0 saturated carbocycles. The van der Waals surface area contributed by atoms with Gasteiger partial charge in [0.25, 0.3) is 0 Å². The lowest BCUT2D eigenvalue weighted by Gasteiger charge is -2.20. The van der Waals surface area contributed by atoms with E-state index >= 15 is 0 Å². The van der Waals surface area contributed by atoms with Crippen LogP contribution in [0.25, 0.3) is 0 Å². The molecule has 1 aliphatic rings. The normalized spacial score (nSPS) is 21.6. The second kappa shape index (κ2) is 6.19. The highest BCUT2D eigenvalue weighted by Gasteiger charge is 2.29. The highest BCUT2D eigenvalue weighted by molar-refractivity contribution is 5.21. The first-order chi connectivity index (χ1) is 10.3. The third-order valence-electron chi connectivity index (χ3n) is 3.74. The van der Waals surface area contributed by atoms with Crippen LogP contribution in [0.2, 0.25) is 0 Å². The topological polar surface area (TPSA) is 74.1 Å². The maximum atomic E-state index is 5.84. The minimum atomic E-state index is 0.0181. The summed E-state index contributed by atoms with van der Waals surface area (Å²) in [6.45, 7) is 1.47. The van der Waals surface area contributed by atoms with Crippen LogP contribution in [0.15, 0.2) is 24.5 Å². The van der Waals surface area contributed by atoms with Crippen LogP contribution >= 0.6 is 0 Å². The molecule has 1 fully saturated rings. The van der Waals surface area contributed by atoms with Gasteiger partial charge in [0.1, 0.15) is 0 Å². The van der Waals surface area contributed by atoms with Gasteiger partial charge in [0, 0.05) is 44.1 Å². The summed E-state index contributed by atoms with van der Waals surface area (Å²) in [5.74, 6) is 0.613. The van der Waals surface area contributed by atoms with Crippen LogP contribution in [0.3, 0.4) is 0 Å². The Morgan fingerprint density at radius 1 is 1.43 bits per heavy atom. The molecule has 1 aliphatic heterocycles. The summed E-state index contributed by atoms with van der Waals surface area (Å²) < 4.78 is 12.7. The van der Waals surface area contributed by atoms with Crippen molar-refractivity contribution in [1.82, 2.24) is 25.3 Å². The molecule has 0 radical (unpaired) electrons. The Kier molecular flexibility index (Phi) is 4.12. The summed E-state index contributed by atoms with van der Waals surface area (Å²) >= 11 is 0. The molecule has 2 aromatic heterocycles. The van der Waals surface area contributed by atoms with Crippen molar-refractivity contribution in [3.8, 4) is 5.88 Å². The molecule has 0 aliphatic carbocycles. The zero-order valence-corrected chi connectivity index (χ0v) is 12.2. The summed E-state index contributed by atoms with van der Waals surface area (Å²) in [6.07, 6.45) is 4.58. The van der Waals surface area contributed by atoms with Gasteiger partial charge >= 0.3 is 0 Å². The van der Waals surface area contributed by atoms with Crippen LogP contribution in [-0.2, 0) is 18.3 Å². The van der Waals surface area contributed by atoms with Crippen LogP contribution in [-0.4, -0.2) is 39.7 Å². The standard InChI is InChI=1S/C14H19N5O2/c1-19-11(9-17-18-19)8-15-12-5-6-21-14(12)10-3-4-13(20-2)16-7-10/h3-4,7,9,12,14-15H,5-6,8H2,1-2H3/t12-,14+/m0/s1. The lowest BCUT2D eigenvalue weighted by molar-refractivity contribution is 0.0980. The molecule has 0 aromatic carbocycles. The number of rotatable bonds is 5. The average Bonchev–Trinajstić information content (AvgIpc) is 3.14. The van der Waals surface area contributed by atoms with E-state index in [-0.39, 0.29) is 12.1 Å². The first-order valence-electron chi connectivity index (χ1n) is 6.96. The molecule has 2 atom stereocenters. The van der Waals surface area contributed by atoms with E-state index in [1.165, 1.54) is 0 Å². The predicted molar refractivity (Wildman–Crippen MR) is 75.7 cm³/mol. The zero-order valence-electron chi connectivity index (χ0n) is 12.2. The van der Waals surface area contributed by atoms with Crippen molar-refractivity contribution in [3.63, 3.8) is 0 Å². The van der Waals surface area contributed by atoms with Crippen molar-refractivity contribution < 1.29 is 9.47 Å². The minimum Gasteiger partial charge on any atom is -0.481 e. The molecule has 7 heteroatoms. The van der Waals surface area contributed by atoms with Gasteiger partial charge in [-0.15, -0.1) is 5.10 Å². The van der Waals surface area contributed by atoms with Gasteiger partial charge in [0.2, 0.25) is 5.88 Å². The van der Waals surface area contributed by atoms with E-state index in [1.54, 1.807) is 18.0 Å². The molecule has 0 unspecified atom stereocenters. The Morgan fingerprint density at radius 3 is 3.00 bits per heavy atom. The van der Waals surface area contributed by atoms with Crippen molar-refractivity contribution >= 4 is 0 Å². The molecular weight excluding hydrogens is 270 g/mol. The Hall–Kier alpha value is -1.99. The fraction of sp³-hybridized carbons (Fsp3) is 0.500. The highest BCUT2D eigenvalue weighted by Crippen LogP contribution is 2.29. The fourth-order valence-corrected chi connectivity index (χ4v) is 2.51. The van der Waals surface area contributed by atoms with E-state index in [9.17, 15) is 0 Å². The molecule has 3 heterocycles. The second-order valence-corrected chi connectivity index (χ2v) is 5.05. The summed E-state index contributed by atoms with van der Waals surface area (Å²) in [4.78, 5) is 4.25. The summed E-state index contributed by atoms with van der Waals surface area (Å²) in [6, 6.07) is 4.12. The van der Waals surface area contributed by atoms with E-state index in [0.29, 0.717) is 5.88 Å². The Balaban J connectivity index is 1.65. The van der Waals surface area contributed by atoms with Crippen molar-refractivity contribution in [3.05, 3.63) is 35.8 Å². The van der Waals surface area contributed by atoms with Crippen LogP contribution in [0.1, 0.15) is 23.8 Å². The Morgan fingerprint density at radius 2 is 2.33 bits per heavy atom. The monoisotopic (exact) mass is 289 g/mol. The molecule has 2 aromatic rings. The highest BCUT2D eigenvalue weighted by atomic mass is 16.5. The van der Waals surface area contributed by atoms with Gasteiger partial charge in [0.05, 0.1) is 25.1 Å². The predicted octanol–water partition coefficient (Wildman–Crippen LogP) is 0.838. The first-order valence-corrected chi connectivity index (χ1v) is 6.96. The summed E-state index contributed by atoms with van der Waals surface area (Å²) in [7, 11) is 3.50. The van der Waals surface area contributed by atoms with Crippen LogP contribution in [0, 0.1) is 0 Å². The van der Waals surface area contributed by atoms with Gasteiger partial charge in [-0.3, -0.25) is 4.68 Å². The summed E-state index contributed by atoms with van der Waals surface area (Å²) in [5.41, 5.74) is 2.11. The van der Waals surface area contributed by atoms with Gasteiger partial charge in [-0.05, 0) is 12.5 Å². The molecule has 7 nitrogen and oxygen atoms in total. The molecule has 0 amide bonds. The average molecular weight is 289 g/mol. The largest absolute Gasteiger partial charge is 0.481 e. The van der Waals surface area contributed by atoms with Gasteiger partial charge in [-0.1, -0.05) is 5.21 Å². The lowest BCUT2D eigenvalue weighted by Crippen LogP contribution is -2.32. The first kappa shape index (κ1) is 14.0. The quantitative estimate of drug-likeness (QED) is 0.879. The van der Waals surface area contributed by atoms with E-state index in [2.05, 4.69) is 20.6 Å². The van der Waals surface area contributed by atoms with E-state index in [0.717, 1.165) is 30.8 Å². The van der Waals surface area contributed by atoms with Gasteiger partial charge < -0.3 is 14.8 Å². The number of aromatic nitrogens is 4. The molecule has 1 N–H and O–H groups in total. The number of ether oxygens (including phenoxy) is 2. The molecule has 112 valence electrons. The lowest BCUT2D eigenvalue weighted by atomic mass is 10.0. The maximum Gasteiger partial charge on any atom is 0.212 e. The number of aryl methyl sites for hydroxylation is 1. The number of pyridine rings is 1. The molecule has 1 saturated heterocycles. The number of hydrogen-bond donors (Lipinski definition) is 1. The fourth-order valence-electron chi connectivity index (χ4n) is 2.51. The van der Waals surface area contributed by atoms with Crippen molar-refractivity contribution in [2.75, 3.05) is 13.7 Å². The minimum absolute atomic E-state index is 0.0181. The maximum absolute atomic E-state index is 5.84. The van der Waals surface area contributed by atoms with Gasteiger partial charge in [-0.25, -0.2) is 4.98 Å². The van der Waals surface area contributed by atoms with Crippen LogP contribution in [0.4, 0.5) is 0 Å². The van der Waals surface area contributed by atoms with E-state index in [4.69, 9.17) is 9.47 Å². The Labute approximate surface area is 123 Å². The van der Waals surface area contributed by atoms with Crippen molar-refractivity contribution in [1.29, 1.82) is 0 Å². The number of nitrogens with one attached hydrogen (secondary N) is 1. The summed E-state index contributed by atoms with van der Waals surface area (Å²) in [5, 5.41) is 11.3.